The maximum Gasteiger partial charge on any atom is 0.256 e. The molecule has 2 heterocycles. The second kappa shape index (κ2) is 5.13. The third kappa shape index (κ3) is 2.33. The molecule has 2 amide bonds. The molecule has 8 nitrogen and oxygen atoms in total. The van der Waals surface area contributed by atoms with Gasteiger partial charge >= 0.3 is 0 Å². The van der Waals surface area contributed by atoms with Crippen molar-refractivity contribution < 1.29 is 23.8 Å². The Morgan fingerprint density at radius 3 is 2.67 bits per heavy atom. The zero-order valence-electron chi connectivity index (χ0n) is 11.2. The number of hydrogen-bond acceptors (Lipinski definition) is 6. The number of nitrogens with two attached hydrogens (primary N) is 2. The van der Waals surface area contributed by atoms with Crippen LogP contribution in [0.1, 0.15) is 10.4 Å². The average molecular weight is 293 g/mol. The van der Waals surface area contributed by atoms with E-state index in [1.807, 2.05) is 0 Å². The van der Waals surface area contributed by atoms with E-state index in [0.29, 0.717) is 18.1 Å². The first-order valence-electron chi connectivity index (χ1n) is 6.45. The summed E-state index contributed by atoms with van der Waals surface area (Å²) in [4.78, 5) is 25.4. The van der Waals surface area contributed by atoms with E-state index in [1.165, 1.54) is 17.0 Å². The van der Waals surface area contributed by atoms with Crippen molar-refractivity contribution in [1.29, 1.82) is 0 Å². The van der Waals surface area contributed by atoms with Gasteiger partial charge in [0.1, 0.15) is 6.04 Å². The lowest BCUT2D eigenvalue weighted by Gasteiger charge is -2.33. The quantitative estimate of drug-likeness (QED) is 0.698. The summed E-state index contributed by atoms with van der Waals surface area (Å²) in [6, 6.07) is 2.26. The van der Waals surface area contributed by atoms with Crippen molar-refractivity contribution in [1.82, 2.24) is 4.90 Å². The summed E-state index contributed by atoms with van der Waals surface area (Å²) in [5.41, 5.74) is 11.7. The largest absolute Gasteiger partial charge is 0.454 e. The van der Waals surface area contributed by atoms with Gasteiger partial charge in [-0.15, -0.1) is 0 Å². The Morgan fingerprint density at radius 1 is 1.24 bits per heavy atom. The van der Waals surface area contributed by atoms with Crippen LogP contribution < -0.4 is 20.9 Å². The number of carbonyl (C=O) groups is 2. The summed E-state index contributed by atoms with van der Waals surface area (Å²) in [7, 11) is 0. The van der Waals surface area contributed by atoms with E-state index in [4.69, 9.17) is 25.7 Å². The number of nitrogen functional groups attached to an aromatic ring is 1. The highest BCUT2D eigenvalue weighted by Gasteiger charge is 2.33. The molecule has 0 spiro atoms. The van der Waals surface area contributed by atoms with Gasteiger partial charge in [-0.05, 0) is 6.07 Å². The average Bonchev–Trinajstić information content (AvgIpc) is 2.92. The second-order valence-electron chi connectivity index (χ2n) is 4.78. The second-order valence-corrected chi connectivity index (χ2v) is 4.78. The predicted octanol–water partition coefficient (Wildman–Crippen LogP) is -0.676. The summed E-state index contributed by atoms with van der Waals surface area (Å²) in [6.07, 6.45) is 0. The van der Waals surface area contributed by atoms with Crippen LogP contribution in [0.4, 0.5) is 5.69 Å². The number of rotatable bonds is 2. The number of morpholine rings is 1. The van der Waals surface area contributed by atoms with E-state index in [1.54, 1.807) is 0 Å². The van der Waals surface area contributed by atoms with Gasteiger partial charge in [-0.1, -0.05) is 0 Å². The van der Waals surface area contributed by atoms with E-state index in [2.05, 4.69) is 0 Å². The lowest BCUT2D eigenvalue weighted by molar-refractivity contribution is -0.127. The van der Waals surface area contributed by atoms with E-state index in [-0.39, 0.29) is 37.1 Å². The SMILES string of the molecule is NC(=O)C1COCCN1C(=O)c1cc2c(cc1N)OCO2. The molecule has 0 bridgehead atoms. The van der Waals surface area contributed by atoms with Crippen LogP contribution in [0.2, 0.25) is 0 Å². The Labute approximate surface area is 120 Å². The fourth-order valence-electron chi connectivity index (χ4n) is 2.38. The van der Waals surface area contributed by atoms with Crippen molar-refractivity contribution in [2.45, 2.75) is 6.04 Å². The standard InChI is InChI=1S/C13H15N3O5/c14-8-4-11-10(20-6-21-11)3-7(8)13(18)16-1-2-19-5-9(16)12(15)17/h3-4,9H,1-2,5-6,14H2,(H2,15,17). The third-order valence-corrected chi connectivity index (χ3v) is 3.49. The number of carbonyl (C=O) groups excluding carboxylic acids is 2. The normalized spacial score (nSPS) is 20.4. The monoisotopic (exact) mass is 293 g/mol. The van der Waals surface area contributed by atoms with Crippen LogP contribution in [-0.2, 0) is 9.53 Å². The number of hydrogen-bond donors (Lipinski definition) is 2. The van der Waals surface area contributed by atoms with Crippen molar-refractivity contribution in [3.8, 4) is 11.5 Å². The highest BCUT2D eigenvalue weighted by Crippen LogP contribution is 2.36. The van der Waals surface area contributed by atoms with Gasteiger partial charge in [-0.3, -0.25) is 9.59 Å². The van der Waals surface area contributed by atoms with Crippen LogP contribution in [0.5, 0.6) is 11.5 Å². The Kier molecular flexibility index (Phi) is 3.30. The molecule has 3 rings (SSSR count). The summed E-state index contributed by atoms with van der Waals surface area (Å²) in [5, 5.41) is 0. The fraction of sp³-hybridized carbons (Fsp3) is 0.385. The van der Waals surface area contributed by atoms with Crippen LogP contribution in [0.15, 0.2) is 12.1 Å². The predicted molar refractivity (Wildman–Crippen MR) is 71.8 cm³/mol. The molecular formula is C13H15N3O5. The number of nitrogens with zero attached hydrogens (tertiary/aromatic N) is 1. The van der Waals surface area contributed by atoms with Crippen molar-refractivity contribution in [2.24, 2.45) is 5.73 Å². The van der Waals surface area contributed by atoms with Crippen LogP contribution in [0.3, 0.4) is 0 Å². The molecule has 1 atom stereocenters. The number of benzene rings is 1. The van der Waals surface area contributed by atoms with Gasteiger partial charge in [0.05, 0.1) is 18.8 Å². The Hall–Kier alpha value is -2.48. The topological polar surface area (TPSA) is 117 Å². The minimum absolute atomic E-state index is 0.0888. The molecule has 1 aromatic carbocycles. The van der Waals surface area contributed by atoms with Crippen LogP contribution >= 0.6 is 0 Å². The van der Waals surface area contributed by atoms with Crippen molar-refractivity contribution >= 4 is 17.5 Å². The van der Waals surface area contributed by atoms with Gasteiger partial charge in [-0.25, -0.2) is 0 Å². The maximum atomic E-state index is 12.6. The Balaban J connectivity index is 1.92. The van der Waals surface area contributed by atoms with Gasteiger partial charge in [0, 0.05) is 18.3 Å². The number of primary amides is 1. The van der Waals surface area contributed by atoms with Crippen LogP contribution in [0.25, 0.3) is 0 Å². The molecule has 8 heteroatoms. The van der Waals surface area contributed by atoms with E-state index < -0.39 is 11.9 Å². The molecule has 4 N–H and O–H groups in total. The molecular weight excluding hydrogens is 278 g/mol. The number of fused-ring (bicyclic) bond motifs is 1. The molecule has 0 radical (unpaired) electrons. The Morgan fingerprint density at radius 2 is 1.95 bits per heavy atom. The molecule has 1 saturated heterocycles. The van der Waals surface area contributed by atoms with Gasteiger partial charge < -0.3 is 30.6 Å². The first-order valence-corrected chi connectivity index (χ1v) is 6.45. The molecule has 112 valence electrons. The number of ether oxygens (including phenoxy) is 3. The summed E-state index contributed by atoms with van der Waals surface area (Å²) < 4.78 is 15.6. The summed E-state index contributed by atoms with van der Waals surface area (Å²) in [6.45, 7) is 0.805. The summed E-state index contributed by atoms with van der Waals surface area (Å²) in [5.74, 6) is -0.0332. The van der Waals surface area contributed by atoms with E-state index in [9.17, 15) is 9.59 Å². The first-order chi connectivity index (χ1) is 10.1. The number of amides is 2. The molecule has 21 heavy (non-hydrogen) atoms. The highest BCUT2D eigenvalue weighted by atomic mass is 16.7. The minimum atomic E-state index is -0.795. The highest BCUT2D eigenvalue weighted by molar-refractivity contribution is 6.02. The fourth-order valence-corrected chi connectivity index (χ4v) is 2.38. The summed E-state index contributed by atoms with van der Waals surface area (Å²) >= 11 is 0. The maximum absolute atomic E-state index is 12.6. The smallest absolute Gasteiger partial charge is 0.256 e. The molecule has 1 aromatic rings. The molecule has 0 aromatic heterocycles. The van der Waals surface area contributed by atoms with Crippen molar-refractivity contribution in [3.05, 3.63) is 17.7 Å². The van der Waals surface area contributed by atoms with E-state index >= 15 is 0 Å². The molecule has 0 aliphatic carbocycles. The van der Waals surface area contributed by atoms with Gasteiger partial charge in [0.25, 0.3) is 5.91 Å². The van der Waals surface area contributed by atoms with Gasteiger partial charge in [0.2, 0.25) is 12.7 Å². The molecule has 0 saturated carbocycles. The first kappa shape index (κ1) is 13.5. The minimum Gasteiger partial charge on any atom is -0.454 e. The van der Waals surface area contributed by atoms with Gasteiger partial charge in [0.15, 0.2) is 11.5 Å². The van der Waals surface area contributed by atoms with Crippen molar-refractivity contribution in [2.75, 3.05) is 32.3 Å². The van der Waals surface area contributed by atoms with Crippen molar-refractivity contribution in [3.63, 3.8) is 0 Å². The molecule has 1 unspecified atom stereocenters. The molecule has 1 fully saturated rings. The lowest BCUT2D eigenvalue weighted by Crippen LogP contribution is -2.54. The lowest BCUT2D eigenvalue weighted by atomic mass is 10.1. The van der Waals surface area contributed by atoms with Crippen LogP contribution in [-0.4, -0.2) is 49.3 Å². The molecule has 2 aliphatic heterocycles. The zero-order chi connectivity index (χ0) is 15.0. The Bertz CT molecular complexity index is 604. The zero-order valence-corrected chi connectivity index (χ0v) is 11.2. The number of anilines is 1. The van der Waals surface area contributed by atoms with Gasteiger partial charge in [-0.2, -0.15) is 0 Å². The van der Waals surface area contributed by atoms with Crippen LogP contribution in [0, 0.1) is 0 Å². The van der Waals surface area contributed by atoms with E-state index in [0.717, 1.165) is 0 Å². The third-order valence-electron chi connectivity index (χ3n) is 3.49. The molecule has 2 aliphatic rings.